The van der Waals surface area contributed by atoms with Gasteiger partial charge in [0, 0.05) is 23.8 Å². The third-order valence-electron chi connectivity index (χ3n) is 5.54. The second kappa shape index (κ2) is 9.51. The van der Waals surface area contributed by atoms with Crippen LogP contribution >= 0.6 is 0 Å². The normalized spacial score (nSPS) is 19.2. The molecular weight excluding hydrogens is 402 g/mol. The highest BCUT2D eigenvalue weighted by atomic mass is 32.2. The molecule has 2 atom stereocenters. The van der Waals surface area contributed by atoms with Gasteiger partial charge in [0.1, 0.15) is 0 Å². The Morgan fingerprint density at radius 1 is 1.07 bits per heavy atom. The number of hydrogen-bond donors (Lipinski definition) is 1. The van der Waals surface area contributed by atoms with Crippen LogP contribution in [0.2, 0.25) is 0 Å². The molecule has 1 saturated carbocycles. The summed E-state index contributed by atoms with van der Waals surface area (Å²) in [5, 5.41) is 3.16. The quantitative estimate of drug-likeness (QED) is 0.718. The maximum absolute atomic E-state index is 12.8. The van der Waals surface area contributed by atoms with Gasteiger partial charge in [-0.3, -0.25) is 4.79 Å². The largest absolute Gasteiger partial charge is 0.493 e. The molecule has 7 heteroatoms. The predicted octanol–water partition coefficient (Wildman–Crippen LogP) is 3.95. The third kappa shape index (κ3) is 5.14. The number of sulfone groups is 1. The number of methoxy groups -OCH3 is 1. The molecule has 1 aliphatic carbocycles. The Bertz CT molecular complexity index is 985. The first-order chi connectivity index (χ1) is 14.3. The van der Waals surface area contributed by atoms with Crippen LogP contribution in [0.1, 0.15) is 54.4 Å². The molecule has 1 amide bonds. The molecule has 0 radical (unpaired) electrons. The minimum absolute atomic E-state index is 0.00343. The van der Waals surface area contributed by atoms with Crippen LogP contribution in [-0.2, 0) is 9.84 Å². The predicted molar refractivity (Wildman–Crippen MR) is 116 cm³/mol. The van der Waals surface area contributed by atoms with E-state index >= 15 is 0 Å². The summed E-state index contributed by atoms with van der Waals surface area (Å²) in [5.41, 5.74) is 1.58. The Hall–Kier alpha value is -2.54. The van der Waals surface area contributed by atoms with Gasteiger partial charge < -0.3 is 14.8 Å². The Balaban J connectivity index is 1.79. The molecule has 0 saturated heterocycles. The van der Waals surface area contributed by atoms with Gasteiger partial charge in [0.25, 0.3) is 5.91 Å². The summed E-state index contributed by atoms with van der Waals surface area (Å²) in [6.07, 6.45) is 5.20. The zero-order valence-corrected chi connectivity index (χ0v) is 18.5. The highest BCUT2D eigenvalue weighted by Crippen LogP contribution is 2.37. The van der Waals surface area contributed by atoms with E-state index in [0.29, 0.717) is 23.7 Å². The summed E-state index contributed by atoms with van der Waals surface area (Å²) in [4.78, 5) is 13.0. The lowest BCUT2D eigenvalue weighted by Crippen LogP contribution is -2.41. The summed E-state index contributed by atoms with van der Waals surface area (Å²) < 4.78 is 34.4. The SMILES string of the molecule is CCOc1cc([C@H]2CCCC[C@H]2NC(=O)c2ccc(S(C)(=O)=O)cc2)ccc1OC. The first-order valence-corrected chi connectivity index (χ1v) is 12.1. The first kappa shape index (κ1) is 22.2. The summed E-state index contributed by atoms with van der Waals surface area (Å²) in [6, 6.07) is 12.0. The van der Waals surface area contributed by atoms with Crippen molar-refractivity contribution in [3.05, 3.63) is 53.6 Å². The summed E-state index contributed by atoms with van der Waals surface area (Å²) >= 11 is 0. The maximum atomic E-state index is 12.8. The second-order valence-electron chi connectivity index (χ2n) is 7.61. The number of rotatable bonds is 7. The van der Waals surface area contributed by atoms with E-state index in [0.717, 1.165) is 37.5 Å². The van der Waals surface area contributed by atoms with Crippen LogP contribution in [0, 0.1) is 0 Å². The number of nitrogens with one attached hydrogen (secondary N) is 1. The number of carbonyl (C=O) groups is 1. The minimum Gasteiger partial charge on any atom is -0.493 e. The molecule has 0 unspecified atom stereocenters. The number of hydrogen-bond acceptors (Lipinski definition) is 5. The Kier molecular flexibility index (Phi) is 7.02. The summed E-state index contributed by atoms with van der Waals surface area (Å²) in [6.45, 7) is 2.49. The minimum atomic E-state index is -3.29. The number of amides is 1. The van der Waals surface area contributed by atoms with Crippen LogP contribution < -0.4 is 14.8 Å². The van der Waals surface area contributed by atoms with Gasteiger partial charge in [0.05, 0.1) is 18.6 Å². The van der Waals surface area contributed by atoms with Gasteiger partial charge >= 0.3 is 0 Å². The molecule has 0 bridgehead atoms. The highest BCUT2D eigenvalue weighted by molar-refractivity contribution is 7.90. The maximum Gasteiger partial charge on any atom is 0.251 e. The monoisotopic (exact) mass is 431 g/mol. The lowest BCUT2D eigenvalue weighted by atomic mass is 9.79. The van der Waals surface area contributed by atoms with Crippen molar-refractivity contribution in [2.45, 2.75) is 49.5 Å². The van der Waals surface area contributed by atoms with Crippen molar-refractivity contribution in [1.82, 2.24) is 5.32 Å². The average Bonchev–Trinajstić information content (AvgIpc) is 2.74. The van der Waals surface area contributed by atoms with Crippen LogP contribution in [0.15, 0.2) is 47.4 Å². The van der Waals surface area contributed by atoms with Crippen molar-refractivity contribution in [2.24, 2.45) is 0 Å². The van der Waals surface area contributed by atoms with Crippen molar-refractivity contribution in [3.63, 3.8) is 0 Å². The van der Waals surface area contributed by atoms with E-state index in [2.05, 4.69) is 5.32 Å². The van der Waals surface area contributed by atoms with E-state index in [9.17, 15) is 13.2 Å². The van der Waals surface area contributed by atoms with Gasteiger partial charge in [-0.25, -0.2) is 8.42 Å². The lowest BCUT2D eigenvalue weighted by molar-refractivity contribution is 0.0920. The van der Waals surface area contributed by atoms with Gasteiger partial charge in [-0.2, -0.15) is 0 Å². The van der Waals surface area contributed by atoms with Gasteiger partial charge in [0.2, 0.25) is 0 Å². The van der Waals surface area contributed by atoms with Gasteiger partial charge in [-0.15, -0.1) is 0 Å². The molecule has 0 heterocycles. The molecule has 1 N–H and O–H groups in total. The zero-order chi connectivity index (χ0) is 21.7. The molecule has 2 aromatic rings. The fourth-order valence-corrected chi connectivity index (χ4v) is 4.63. The van der Waals surface area contributed by atoms with E-state index in [1.54, 1.807) is 19.2 Å². The zero-order valence-electron chi connectivity index (χ0n) is 17.7. The van der Waals surface area contributed by atoms with Crippen molar-refractivity contribution in [3.8, 4) is 11.5 Å². The van der Waals surface area contributed by atoms with E-state index in [4.69, 9.17) is 9.47 Å². The Morgan fingerprint density at radius 3 is 2.40 bits per heavy atom. The number of benzene rings is 2. The molecule has 1 aliphatic rings. The van der Waals surface area contributed by atoms with Crippen LogP contribution in [-0.4, -0.2) is 40.3 Å². The van der Waals surface area contributed by atoms with Crippen LogP contribution in [0.25, 0.3) is 0 Å². The molecule has 0 aromatic heterocycles. The van der Waals surface area contributed by atoms with E-state index < -0.39 is 9.84 Å². The standard InChI is InChI=1S/C23H29NO5S/c1-4-29-22-15-17(11-14-21(22)28-2)19-7-5-6-8-20(19)24-23(25)16-9-12-18(13-10-16)30(3,26)27/h9-15,19-20H,4-8H2,1-3H3,(H,24,25)/t19-,20-/m1/s1. The molecule has 1 fully saturated rings. The summed E-state index contributed by atoms with van der Waals surface area (Å²) in [5.74, 6) is 1.40. The van der Waals surface area contributed by atoms with Crippen LogP contribution in [0.3, 0.4) is 0 Å². The van der Waals surface area contributed by atoms with E-state index in [1.807, 2.05) is 25.1 Å². The van der Waals surface area contributed by atoms with Crippen LogP contribution in [0.5, 0.6) is 11.5 Å². The van der Waals surface area contributed by atoms with E-state index in [1.165, 1.54) is 12.1 Å². The number of ether oxygens (including phenoxy) is 2. The second-order valence-corrected chi connectivity index (χ2v) is 9.63. The fraction of sp³-hybridized carbons (Fsp3) is 0.435. The topological polar surface area (TPSA) is 81.7 Å². The van der Waals surface area contributed by atoms with Crippen molar-refractivity contribution in [1.29, 1.82) is 0 Å². The lowest BCUT2D eigenvalue weighted by Gasteiger charge is -2.33. The van der Waals surface area contributed by atoms with Crippen molar-refractivity contribution in [2.75, 3.05) is 20.0 Å². The smallest absolute Gasteiger partial charge is 0.251 e. The molecular formula is C23H29NO5S. The average molecular weight is 432 g/mol. The van der Waals surface area contributed by atoms with Crippen molar-refractivity contribution >= 4 is 15.7 Å². The highest BCUT2D eigenvalue weighted by Gasteiger charge is 2.29. The molecule has 3 rings (SSSR count). The third-order valence-corrected chi connectivity index (χ3v) is 6.67. The van der Waals surface area contributed by atoms with Gasteiger partial charge in [-0.05, 0) is 61.7 Å². The molecule has 6 nitrogen and oxygen atoms in total. The molecule has 162 valence electrons. The van der Waals surface area contributed by atoms with E-state index in [-0.39, 0.29) is 22.8 Å². The first-order valence-electron chi connectivity index (χ1n) is 10.2. The fourth-order valence-electron chi connectivity index (χ4n) is 4.00. The van der Waals surface area contributed by atoms with Crippen LogP contribution in [0.4, 0.5) is 0 Å². The number of carbonyl (C=O) groups excluding carboxylic acids is 1. The Morgan fingerprint density at radius 2 is 1.77 bits per heavy atom. The van der Waals surface area contributed by atoms with Gasteiger partial charge in [0.15, 0.2) is 21.3 Å². The molecule has 0 aliphatic heterocycles. The summed E-state index contributed by atoms with van der Waals surface area (Å²) in [7, 11) is -1.66. The molecule has 0 spiro atoms. The molecule has 2 aromatic carbocycles. The molecule has 30 heavy (non-hydrogen) atoms. The Labute approximate surface area is 178 Å². The van der Waals surface area contributed by atoms with Gasteiger partial charge in [-0.1, -0.05) is 18.9 Å². The van der Waals surface area contributed by atoms with Crippen molar-refractivity contribution < 1.29 is 22.7 Å².